The molecule has 0 unspecified atom stereocenters. The quantitative estimate of drug-likeness (QED) is 0.711. The summed E-state index contributed by atoms with van der Waals surface area (Å²) in [5.74, 6) is 0. The Hall–Kier alpha value is -0.810. The number of unbranched alkanes of at least 4 members (excludes halogenated alkanes) is 1. The third-order valence-corrected chi connectivity index (χ3v) is 3.07. The fourth-order valence-corrected chi connectivity index (χ4v) is 2.25. The van der Waals surface area contributed by atoms with Crippen LogP contribution < -0.4 is 0 Å². The third-order valence-electron chi connectivity index (χ3n) is 3.07. The lowest BCUT2D eigenvalue weighted by atomic mass is 10.0. The largest absolute Gasteiger partial charge is 0.449 e. The molecule has 1 aliphatic rings. The molecule has 1 aliphatic heterocycles. The van der Waals surface area contributed by atoms with Gasteiger partial charge in [-0.25, -0.2) is 4.79 Å². The van der Waals surface area contributed by atoms with Gasteiger partial charge in [-0.3, -0.25) is 4.90 Å². The maximum Gasteiger partial charge on any atom is 0.412 e. The molecule has 5 heteroatoms. The number of carbonyl (C=O) groups excluding carboxylic acids is 1. The predicted molar refractivity (Wildman–Crippen MR) is 68.4 cm³/mol. The molecule has 0 atom stereocenters. The van der Waals surface area contributed by atoms with Gasteiger partial charge in [0.05, 0.1) is 18.8 Å². The molecule has 18 heavy (non-hydrogen) atoms. The van der Waals surface area contributed by atoms with Gasteiger partial charge in [0, 0.05) is 13.7 Å². The second-order valence-electron chi connectivity index (χ2n) is 5.70. The highest BCUT2D eigenvalue weighted by Gasteiger charge is 2.49. The Kier molecular flexibility index (Phi) is 4.99. The normalized spacial score (nSPS) is 21.1. The molecule has 106 valence electrons. The molecule has 0 aromatic heterocycles. The van der Waals surface area contributed by atoms with Crippen molar-refractivity contribution in [1.82, 2.24) is 4.90 Å². The standard InChI is InChI=1S/C13H25NO4/c1-12(2)10-18-13(3,4)14(12)11(15)17-9-7-6-8-16-5/h6-10H2,1-5H3. The lowest BCUT2D eigenvalue weighted by Gasteiger charge is -2.36. The maximum atomic E-state index is 12.1. The molecule has 1 fully saturated rings. The number of amides is 1. The molecule has 1 heterocycles. The van der Waals surface area contributed by atoms with Crippen LogP contribution in [0.25, 0.3) is 0 Å². The van der Waals surface area contributed by atoms with Crippen molar-refractivity contribution in [3.8, 4) is 0 Å². The first-order valence-corrected chi connectivity index (χ1v) is 6.41. The van der Waals surface area contributed by atoms with E-state index in [4.69, 9.17) is 14.2 Å². The average molecular weight is 259 g/mol. The highest BCUT2D eigenvalue weighted by atomic mass is 16.6. The van der Waals surface area contributed by atoms with E-state index in [0.717, 1.165) is 12.8 Å². The van der Waals surface area contributed by atoms with E-state index in [-0.39, 0.29) is 11.6 Å². The Morgan fingerprint density at radius 3 is 2.33 bits per heavy atom. The van der Waals surface area contributed by atoms with Crippen molar-refractivity contribution in [2.45, 2.75) is 51.8 Å². The van der Waals surface area contributed by atoms with E-state index in [1.165, 1.54) is 0 Å². The molecule has 1 saturated heterocycles. The minimum Gasteiger partial charge on any atom is -0.449 e. The van der Waals surface area contributed by atoms with E-state index >= 15 is 0 Å². The SMILES string of the molecule is COCCCCOC(=O)N1C(C)(C)COC1(C)C. The first kappa shape index (κ1) is 15.2. The van der Waals surface area contributed by atoms with Crippen LogP contribution in [0.3, 0.4) is 0 Å². The summed E-state index contributed by atoms with van der Waals surface area (Å²) < 4.78 is 15.9. The van der Waals surface area contributed by atoms with Crippen molar-refractivity contribution in [2.24, 2.45) is 0 Å². The van der Waals surface area contributed by atoms with E-state index < -0.39 is 5.72 Å². The number of hydrogen-bond acceptors (Lipinski definition) is 4. The summed E-state index contributed by atoms with van der Waals surface area (Å²) in [5, 5.41) is 0. The van der Waals surface area contributed by atoms with E-state index in [1.54, 1.807) is 12.0 Å². The van der Waals surface area contributed by atoms with Gasteiger partial charge in [0.2, 0.25) is 0 Å². The Labute approximate surface area is 109 Å². The smallest absolute Gasteiger partial charge is 0.412 e. The molecule has 0 radical (unpaired) electrons. The molecule has 0 spiro atoms. The summed E-state index contributed by atoms with van der Waals surface area (Å²) in [6, 6.07) is 0. The molecule has 1 amide bonds. The fourth-order valence-electron chi connectivity index (χ4n) is 2.25. The number of hydrogen-bond donors (Lipinski definition) is 0. The van der Waals surface area contributed by atoms with Crippen molar-refractivity contribution in [3.63, 3.8) is 0 Å². The second kappa shape index (κ2) is 5.89. The van der Waals surface area contributed by atoms with Crippen LogP contribution in [-0.2, 0) is 14.2 Å². The Morgan fingerprint density at radius 2 is 1.83 bits per heavy atom. The van der Waals surface area contributed by atoms with Gasteiger partial charge < -0.3 is 14.2 Å². The van der Waals surface area contributed by atoms with Crippen molar-refractivity contribution in [1.29, 1.82) is 0 Å². The Morgan fingerprint density at radius 1 is 1.22 bits per heavy atom. The van der Waals surface area contributed by atoms with Crippen molar-refractivity contribution < 1.29 is 19.0 Å². The summed E-state index contributed by atoms with van der Waals surface area (Å²) in [5.41, 5.74) is -0.930. The second-order valence-corrected chi connectivity index (χ2v) is 5.70. The van der Waals surface area contributed by atoms with E-state index in [2.05, 4.69) is 0 Å². The molecular formula is C13H25NO4. The molecule has 0 bridgehead atoms. The molecule has 5 nitrogen and oxygen atoms in total. The zero-order valence-corrected chi connectivity index (χ0v) is 12.1. The molecule has 0 aromatic rings. The van der Waals surface area contributed by atoms with Gasteiger partial charge in [-0.2, -0.15) is 0 Å². The van der Waals surface area contributed by atoms with E-state index in [1.807, 2.05) is 27.7 Å². The maximum absolute atomic E-state index is 12.1. The minimum atomic E-state index is -0.604. The number of methoxy groups -OCH3 is 1. The Balaban J connectivity index is 2.45. The van der Waals surface area contributed by atoms with E-state index in [0.29, 0.717) is 19.8 Å². The van der Waals surface area contributed by atoms with Crippen molar-refractivity contribution in [3.05, 3.63) is 0 Å². The molecule has 0 aliphatic carbocycles. The van der Waals surface area contributed by atoms with Gasteiger partial charge >= 0.3 is 6.09 Å². The van der Waals surface area contributed by atoms with Crippen LogP contribution in [-0.4, -0.2) is 49.2 Å². The van der Waals surface area contributed by atoms with Crippen molar-refractivity contribution >= 4 is 6.09 Å². The first-order chi connectivity index (χ1) is 8.31. The van der Waals surface area contributed by atoms with Gasteiger partial charge in [-0.05, 0) is 40.5 Å². The van der Waals surface area contributed by atoms with Gasteiger partial charge in [-0.15, -0.1) is 0 Å². The minimum absolute atomic E-state index is 0.306. The number of rotatable bonds is 5. The first-order valence-electron chi connectivity index (χ1n) is 6.41. The molecule has 1 rings (SSSR count). The van der Waals surface area contributed by atoms with Gasteiger partial charge in [-0.1, -0.05) is 0 Å². The van der Waals surface area contributed by atoms with Crippen LogP contribution in [0.2, 0.25) is 0 Å². The van der Waals surface area contributed by atoms with E-state index in [9.17, 15) is 4.79 Å². The monoisotopic (exact) mass is 259 g/mol. The highest BCUT2D eigenvalue weighted by molar-refractivity contribution is 5.69. The summed E-state index contributed by atoms with van der Waals surface area (Å²) in [4.78, 5) is 13.8. The fraction of sp³-hybridized carbons (Fsp3) is 0.923. The zero-order valence-electron chi connectivity index (χ0n) is 12.1. The van der Waals surface area contributed by atoms with Crippen LogP contribution in [0.4, 0.5) is 4.79 Å². The van der Waals surface area contributed by atoms with Crippen LogP contribution in [0.1, 0.15) is 40.5 Å². The zero-order chi connectivity index (χ0) is 13.8. The summed E-state index contributed by atoms with van der Waals surface area (Å²) >= 11 is 0. The summed E-state index contributed by atoms with van der Waals surface area (Å²) in [7, 11) is 1.67. The topological polar surface area (TPSA) is 48.0 Å². The van der Waals surface area contributed by atoms with Crippen LogP contribution in [0.15, 0.2) is 0 Å². The molecule has 0 N–H and O–H groups in total. The van der Waals surface area contributed by atoms with Gasteiger partial charge in [0.1, 0.15) is 5.72 Å². The molecular weight excluding hydrogens is 234 g/mol. The Bertz CT molecular complexity index is 273. The lowest BCUT2D eigenvalue weighted by Crippen LogP contribution is -2.52. The van der Waals surface area contributed by atoms with Gasteiger partial charge in [0.25, 0.3) is 0 Å². The summed E-state index contributed by atoms with van der Waals surface area (Å²) in [6.45, 7) is 9.37. The van der Waals surface area contributed by atoms with Crippen LogP contribution >= 0.6 is 0 Å². The van der Waals surface area contributed by atoms with Crippen LogP contribution in [0.5, 0.6) is 0 Å². The van der Waals surface area contributed by atoms with Gasteiger partial charge in [0.15, 0.2) is 0 Å². The summed E-state index contributed by atoms with van der Waals surface area (Å²) in [6.07, 6.45) is 1.40. The lowest BCUT2D eigenvalue weighted by molar-refractivity contribution is -0.0520. The predicted octanol–water partition coefficient (Wildman–Crippen LogP) is 2.40. The number of ether oxygens (including phenoxy) is 3. The highest BCUT2D eigenvalue weighted by Crippen LogP contribution is 2.34. The number of carbonyl (C=O) groups is 1. The molecule has 0 saturated carbocycles. The number of nitrogens with zero attached hydrogens (tertiary/aromatic N) is 1. The average Bonchev–Trinajstić information content (AvgIpc) is 2.47. The molecule has 0 aromatic carbocycles. The van der Waals surface area contributed by atoms with Crippen molar-refractivity contribution in [2.75, 3.05) is 26.9 Å². The van der Waals surface area contributed by atoms with Crippen LogP contribution in [0, 0.1) is 0 Å². The third kappa shape index (κ3) is 3.59.